The van der Waals surface area contributed by atoms with Crippen LogP contribution in [-0.4, -0.2) is 42.3 Å². The molecule has 0 bridgehead atoms. The van der Waals surface area contributed by atoms with E-state index in [1.54, 1.807) is 0 Å². The van der Waals surface area contributed by atoms with Gasteiger partial charge in [0.25, 0.3) is 5.91 Å². The Morgan fingerprint density at radius 2 is 2.25 bits per heavy atom. The molecule has 0 spiro atoms. The lowest BCUT2D eigenvalue weighted by Gasteiger charge is -2.13. The van der Waals surface area contributed by atoms with Gasteiger partial charge in [-0.15, -0.1) is 0 Å². The summed E-state index contributed by atoms with van der Waals surface area (Å²) in [6, 6.07) is -0.699. The van der Waals surface area contributed by atoms with Gasteiger partial charge in [-0.05, 0) is 12.5 Å². The van der Waals surface area contributed by atoms with Gasteiger partial charge in [0.1, 0.15) is 6.04 Å². The van der Waals surface area contributed by atoms with Crippen molar-refractivity contribution in [2.24, 2.45) is 11.7 Å². The third kappa shape index (κ3) is 2.79. The maximum atomic E-state index is 11.5. The molecule has 3 amide bonds. The van der Waals surface area contributed by atoms with Gasteiger partial charge in [-0.1, -0.05) is 6.92 Å². The molecule has 1 aliphatic rings. The zero-order valence-corrected chi connectivity index (χ0v) is 9.53. The molecule has 0 radical (unpaired) electrons. The molecule has 0 aromatic carbocycles. The van der Waals surface area contributed by atoms with Gasteiger partial charge in [0.15, 0.2) is 0 Å². The van der Waals surface area contributed by atoms with Crippen LogP contribution in [0.3, 0.4) is 0 Å². The van der Waals surface area contributed by atoms with Crippen LogP contribution in [0.4, 0.5) is 0 Å². The first-order valence-electron chi connectivity index (χ1n) is 5.25. The summed E-state index contributed by atoms with van der Waals surface area (Å²) >= 11 is 0. The second kappa shape index (κ2) is 5.07. The molecular weight excluding hydrogens is 210 g/mol. The minimum absolute atomic E-state index is 0.0537. The summed E-state index contributed by atoms with van der Waals surface area (Å²) in [4.78, 5) is 35.2. The summed E-state index contributed by atoms with van der Waals surface area (Å²) in [5.74, 6) is -0.773. The Kier molecular flexibility index (Phi) is 4.00. The van der Waals surface area contributed by atoms with Crippen molar-refractivity contribution < 1.29 is 14.4 Å². The molecular formula is C10H17N3O3. The lowest BCUT2D eigenvalue weighted by molar-refractivity contribution is -0.138. The molecule has 16 heavy (non-hydrogen) atoms. The number of likely N-dealkylation sites (tertiary alicyclic amines) is 1. The monoisotopic (exact) mass is 227 g/mol. The van der Waals surface area contributed by atoms with Crippen molar-refractivity contribution in [1.82, 2.24) is 10.2 Å². The number of nitrogens with zero attached hydrogens (tertiary/aromatic N) is 1. The van der Waals surface area contributed by atoms with Gasteiger partial charge in [-0.3, -0.25) is 19.3 Å². The van der Waals surface area contributed by atoms with Crippen LogP contribution in [0.2, 0.25) is 0 Å². The van der Waals surface area contributed by atoms with Crippen molar-refractivity contribution in [2.75, 3.05) is 13.6 Å². The highest BCUT2D eigenvalue weighted by molar-refractivity contribution is 6.06. The molecule has 90 valence electrons. The van der Waals surface area contributed by atoms with Crippen LogP contribution < -0.4 is 11.1 Å². The first-order chi connectivity index (χ1) is 7.45. The summed E-state index contributed by atoms with van der Waals surface area (Å²) in [5, 5.41) is 2.55. The van der Waals surface area contributed by atoms with Gasteiger partial charge in [-0.2, -0.15) is 0 Å². The van der Waals surface area contributed by atoms with E-state index in [1.807, 2.05) is 6.92 Å². The highest BCUT2D eigenvalue weighted by Gasteiger charge is 2.36. The highest BCUT2D eigenvalue weighted by Crippen LogP contribution is 2.11. The van der Waals surface area contributed by atoms with Crippen LogP contribution in [0.5, 0.6) is 0 Å². The van der Waals surface area contributed by atoms with Crippen LogP contribution in [0.15, 0.2) is 0 Å². The Morgan fingerprint density at radius 1 is 1.62 bits per heavy atom. The normalized spacial score (nSPS) is 22.4. The van der Waals surface area contributed by atoms with E-state index in [4.69, 9.17) is 5.73 Å². The number of likely N-dealkylation sites (N-methyl/N-ethyl adjacent to an activating group) is 1. The van der Waals surface area contributed by atoms with Crippen molar-refractivity contribution in [2.45, 2.75) is 25.8 Å². The van der Waals surface area contributed by atoms with Gasteiger partial charge in [0.05, 0.1) is 6.42 Å². The predicted octanol–water partition coefficient (Wildman–Crippen LogP) is -1.16. The van der Waals surface area contributed by atoms with Crippen LogP contribution >= 0.6 is 0 Å². The molecule has 2 unspecified atom stereocenters. The van der Waals surface area contributed by atoms with Gasteiger partial charge in [0, 0.05) is 13.5 Å². The molecule has 6 nitrogen and oxygen atoms in total. The summed E-state index contributed by atoms with van der Waals surface area (Å²) in [6.45, 7) is 2.28. The van der Waals surface area contributed by atoms with Gasteiger partial charge in [-0.25, -0.2) is 0 Å². The molecule has 1 heterocycles. The number of hydrogen-bond donors (Lipinski definition) is 2. The molecule has 2 atom stereocenters. The number of hydrogen-bond acceptors (Lipinski definition) is 4. The molecule has 1 aliphatic heterocycles. The molecule has 0 aliphatic carbocycles. The van der Waals surface area contributed by atoms with Crippen molar-refractivity contribution in [3.8, 4) is 0 Å². The second-order valence-corrected chi connectivity index (χ2v) is 4.16. The molecule has 6 heteroatoms. The number of imide groups is 1. The fraction of sp³-hybridized carbons (Fsp3) is 0.700. The van der Waals surface area contributed by atoms with E-state index in [2.05, 4.69) is 5.32 Å². The zero-order valence-electron chi connectivity index (χ0n) is 9.53. The smallest absolute Gasteiger partial charge is 0.252 e. The van der Waals surface area contributed by atoms with E-state index < -0.39 is 6.04 Å². The fourth-order valence-corrected chi connectivity index (χ4v) is 1.52. The maximum Gasteiger partial charge on any atom is 0.252 e. The summed E-state index contributed by atoms with van der Waals surface area (Å²) in [6.07, 6.45) is 0.330. The van der Waals surface area contributed by atoms with E-state index in [-0.39, 0.29) is 36.5 Å². The number of carbonyl (C=O) groups is 3. The largest absolute Gasteiger partial charge is 0.344 e. The van der Waals surface area contributed by atoms with Crippen molar-refractivity contribution >= 4 is 17.7 Å². The molecule has 1 saturated heterocycles. The summed E-state index contributed by atoms with van der Waals surface area (Å²) in [5.41, 5.74) is 5.39. The Morgan fingerprint density at radius 3 is 2.69 bits per heavy atom. The molecule has 0 aromatic heterocycles. The molecule has 0 aromatic rings. The minimum atomic E-state index is -0.699. The molecule has 1 fully saturated rings. The second-order valence-electron chi connectivity index (χ2n) is 4.16. The lowest BCUT2D eigenvalue weighted by Crippen LogP contribution is -2.41. The Hall–Kier alpha value is -1.43. The zero-order chi connectivity index (χ0) is 12.3. The SMILES string of the molecule is CC(CN)CC(=O)NC1CC(=O)N(C)C1=O. The molecule has 1 rings (SSSR count). The topological polar surface area (TPSA) is 92.5 Å². The van der Waals surface area contributed by atoms with Crippen molar-refractivity contribution in [3.05, 3.63) is 0 Å². The number of rotatable bonds is 4. The van der Waals surface area contributed by atoms with E-state index >= 15 is 0 Å². The first kappa shape index (κ1) is 12.6. The van der Waals surface area contributed by atoms with Crippen LogP contribution in [0.25, 0.3) is 0 Å². The van der Waals surface area contributed by atoms with Crippen molar-refractivity contribution in [1.29, 1.82) is 0 Å². The van der Waals surface area contributed by atoms with Crippen LogP contribution in [0.1, 0.15) is 19.8 Å². The van der Waals surface area contributed by atoms with Crippen LogP contribution in [0, 0.1) is 5.92 Å². The number of amides is 3. The first-order valence-corrected chi connectivity index (χ1v) is 5.25. The van der Waals surface area contributed by atoms with Crippen molar-refractivity contribution in [3.63, 3.8) is 0 Å². The Labute approximate surface area is 94.2 Å². The third-order valence-electron chi connectivity index (χ3n) is 2.65. The average molecular weight is 227 g/mol. The maximum absolute atomic E-state index is 11.5. The fourth-order valence-electron chi connectivity index (χ4n) is 1.52. The summed E-state index contributed by atoms with van der Waals surface area (Å²) < 4.78 is 0. The standard InChI is InChI=1S/C10H17N3O3/c1-6(5-11)3-8(14)12-7-4-9(15)13(2)10(7)16/h6-7H,3-5,11H2,1-2H3,(H,12,14). The number of nitrogens with two attached hydrogens (primary N) is 1. The van der Waals surface area contributed by atoms with Crippen LogP contribution in [-0.2, 0) is 14.4 Å². The van der Waals surface area contributed by atoms with E-state index in [0.717, 1.165) is 4.90 Å². The predicted molar refractivity (Wildman–Crippen MR) is 57.2 cm³/mol. The quantitative estimate of drug-likeness (QED) is 0.593. The van der Waals surface area contributed by atoms with E-state index in [9.17, 15) is 14.4 Å². The molecule has 0 saturated carbocycles. The third-order valence-corrected chi connectivity index (χ3v) is 2.65. The summed E-state index contributed by atoms with van der Waals surface area (Å²) in [7, 11) is 1.42. The van der Waals surface area contributed by atoms with Gasteiger partial charge in [0.2, 0.25) is 11.8 Å². The minimum Gasteiger partial charge on any atom is -0.344 e. The average Bonchev–Trinajstić information content (AvgIpc) is 2.46. The Bertz CT molecular complexity index is 316. The number of carbonyl (C=O) groups excluding carboxylic acids is 3. The lowest BCUT2D eigenvalue weighted by atomic mass is 10.1. The van der Waals surface area contributed by atoms with Gasteiger partial charge >= 0.3 is 0 Å². The van der Waals surface area contributed by atoms with E-state index in [0.29, 0.717) is 6.54 Å². The van der Waals surface area contributed by atoms with Gasteiger partial charge < -0.3 is 11.1 Å². The number of nitrogens with one attached hydrogen (secondary N) is 1. The highest BCUT2D eigenvalue weighted by atomic mass is 16.2. The molecule has 3 N–H and O–H groups in total. The van der Waals surface area contributed by atoms with E-state index in [1.165, 1.54) is 7.05 Å². The Balaban J connectivity index is 2.47.